The van der Waals surface area contributed by atoms with Crippen LogP contribution in [0.25, 0.3) is 22.2 Å². The zero-order valence-electron chi connectivity index (χ0n) is 14.8. The molecule has 6 heteroatoms. The van der Waals surface area contributed by atoms with E-state index in [-0.39, 0.29) is 17.6 Å². The third-order valence-electron chi connectivity index (χ3n) is 4.07. The molecule has 0 spiro atoms. The first-order valence-corrected chi connectivity index (χ1v) is 8.14. The van der Waals surface area contributed by atoms with Crippen LogP contribution in [0.2, 0.25) is 0 Å². The van der Waals surface area contributed by atoms with Crippen LogP contribution in [0.1, 0.15) is 17.3 Å². The molecule has 0 aliphatic rings. The largest absolute Gasteiger partial charge is 0.497 e. The first kappa shape index (κ1) is 17.5. The van der Waals surface area contributed by atoms with Gasteiger partial charge in [0, 0.05) is 11.5 Å². The SMILES string of the molecule is CCOC(=O)c1c(-c2ccc(OC)cc2)[nH]c2cc(OC)ccc2c1=O. The van der Waals surface area contributed by atoms with Crippen LogP contribution in [0, 0.1) is 0 Å². The number of pyridine rings is 1. The summed E-state index contributed by atoms with van der Waals surface area (Å²) in [6.45, 7) is 1.88. The molecule has 0 amide bonds. The maximum absolute atomic E-state index is 13.0. The summed E-state index contributed by atoms with van der Waals surface area (Å²) in [4.78, 5) is 28.6. The third-order valence-corrected chi connectivity index (χ3v) is 4.07. The van der Waals surface area contributed by atoms with Gasteiger partial charge in [0.15, 0.2) is 0 Å². The maximum atomic E-state index is 13.0. The Morgan fingerprint density at radius 3 is 2.27 bits per heavy atom. The zero-order chi connectivity index (χ0) is 18.7. The molecule has 0 unspecified atom stereocenters. The van der Waals surface area contributed by atoms with E-state index in [1.54, 1.807) is 63.6 Å². The number of carbonyl (C=O) groups excluding carboxylic acids is 1. The van der Waals surface area contributed by atoms with Crippen LogP contribution in [0.3, 0.4) is 0 Å². The zero-order valence-corrected chi connectivity index (χ0v) is 14.8. The lowest BCUT2D eigenvalue weighted by Gasteiger charge is -2.12. The summed E-state index contributed by atoms with van der Waals surface area (Å²) in [6, 6.07) is 12.1. The first-order chi connectivity index (χ1) is 12.6. The lowest BCUT2D eigenvalue weighted by Crippen LogP contribution is -2.20. The Balaban J connectivity index is 2.30. The average Bonchev–Trinajstić information content (AvgIpc) is 2.67. The molecule has 0 fully saturated rings. The molecule has 0 bridgehead atoms. The van der Waals surface area contributed by atoms with Crippen molar-refractivity contribution in [1.82, 2.24) is 4.98 Å². The summed E-state index contributed by atoms with van der Waals surface area (Å²) in [5.74, 6) is 0.631. The molecule has 1 aromatic heterocycles. The Bertz CT molecular complexity index is 1010. The van der Waals surface area contributed by atoms with Crippen LogP contribution in [-0.4, -0.2) is 31.8 Å². The van der Waals surface area contributed by atoms with Gasteiger partial charge in [0.05, 0.1) is 32.0 Å². The lowest BCUT2D eigenvalue weighted by atomic mass is 10.0. The number of aromatic amines is 1. The van der Waals surface area contributed by atoms with E-state index in [0.29, 0.717) is 33.7 Å². The number of methoxy groups -OCH3 is 2. The molecule has 6 nitrogen and oxygen atoms in total. The highest BCUT2D eigenvalue weighted by Gasteiger charge is 2.21. The van der Waals surface area contributed by atoms with E-state index in [1.807, 2.05) is 0 Å². The normalized spacial score (nSPS) is 10.6. The average molecular weight is 353 g/mol. The van der Waals surface area contributed by atoms with Gasteiger partial charge in [0.2, 0.25) is 5.43 Å². The lowest BCUT2D eigenvalue weighted by molar-refractivity contribution is 0.0525. The van der Waals surface area contributed by atoms with E-state index in [2.05, 4.69) is 4.98 Å². The van der Waals surface area contributed by atoms with Crippen molar-refractivity contribution in [2.75, 3.05) is 20.8 Å². The topological polar surface area (TPSA) is 77.6 Å². The summed E-state index contributed by atoms with van der Waals surface area (Å²) < 4.78 is 15.5. The van der Waals surface area contributed by atoms with Crippen molar-refractivity contribution in [1.29, 1.82) is 0 Å². The van der Waals surface area contributed by atoms with Crippen molar-refractivity contribution < 1.29 is 19.0 Å². The fraction of sp³-hybridized carbons (Fsp3) is 0.200. The molecule has 0 radical (unpaired) electrons. The van der Waals surface area contributed by atoms with Crippen molar-refractivity contribution in [3.05, 3.63) is 58.3 Å². The fourth-order valence-corrected chi connectivity index (χ4v) is 2.77. The summed E-state index contributed by atoms with van der Waals surface area (Å²) in [7, 11) is 3.12. The minimum atomic E-state index is -0.655. The molecular weight excluding hydrogens is 334 g/mol. The molecular formula is C20H19NO5. The first-order valence-electron chi connectivity index (χ1n) is 8.14. The number of rotatable bonds is 5. The van der Waals surface area contributed by atoms with Crippen LogP contribution >= 0.6 is 0 Å². The van der Waals surface area contributed by atoms with Gasteiger partial charge in [-0.05, 0) is 48.9 Å². The molecule has 3 aromatic rings. The van der Waals surface area contributed by atoms with E-state index in [1.165, 1.54) is 0 Å². The summed E-state index contributed by atoms with van der Waals surface area (Å²) in [5.41, 5.74) is 1.25. The molecule has 26 heavy (non-hydrogen) atoms. The van der Waals surface area contributed by atoms with Crippen molar-refractivity contribution >= 4 is 16.9 Å². The molecule has 0 saturated carbocycles. The molecule has 134 valence electrons. The van der Waals surface area contributed by atoms with Crippen LogP contribution in [0.4, 0.5) is 0 Å². The van der Waals surface area contributed by atoms with Gasteiger partial charge in [-0.15, -0.1) is 0 Å². The molecule has 1 heterocycles. The summed E-state index contributed by atoms with van der Waals surface area (Å²) in [5, 5.41) is 0.395. The standard InChI is InChI=1S/C20H19NO5/c1-4-26-20(23)17-18(12-5-7-13(24-2)8-6-12)21-16-11-14(25-3)9-10-15(16)19(17)22/h5-11H,4H2,1-3H3,(H,21,22). The number of hydrogen-bond donors (Lipinski definition) is 1. The second-order valence-corrected chi connectivity index (χ2v) is 5.56. The van der Waals surface area contributed by atoms with Crippen LogP contribution in [0.5, 0.6) is 11.5 Å². The minimum absolute atomic E-state index is 0.0188. The van der Waals surface area contributed by atoms with Crippen LogP contribution < -0.4 is 14.9 Å². The van der Waals surface area contributed by atoms with Gasteiger partial charge in [-0.2, -0.15) is 0 Å². The molecule has 0 aliphatic carbocycles. The van der Waals surface area contributed by atoms with Crippen molar-refractivity contribution in [2.24, 2.45) is 0 Å². The van der Waals surface area contributed by atoms with Crippen LogP contribution in [0.15, 0.2) is 47.3 Å². The Kier molecular flexibility index (Phi) is 4.93. The highest BCUT2D eigenvalue weighted by molar-refractivity contribution is 6.00. The van der Waals surface area contributed by atoms with Crippen molar-refractivity contribution in [3.63, 3.8) is 0 Å². The molecule has 3 rings (SSSR count). The molecule has 2 aromatic carbocycles. The van der Waals surface area contributed by atoms with E-state index >= 15 is 0 Å². The minimum Gasteiger partial charge on any atom is -0.497 e. The van der Waals surface area contributed by atoms with E-state index in [9.17, 15) is 9.59 Å². The Hall–Kier alpha value is -3.28. The Morgan fingerprint density at radius 1 is 1.00 bits per heavy atom. The predicted molar refractivity (Wildman–Crippen MR) is 99.1 cm³/mol. The van der Waals surface area contributed by atoms with Crippen molar-refractivity contribution in [2.45, 2.75) is 6.92 Å². The van der Waals surface area contributed by atoms with E-state index in [0.717, 1.165) is 0 Å². The Labute approximate surface area is 150 Å². The summed E-state index contributed by atoms with van der Waals surface area (Å²) >= 11 is 0. The number of nitrogens with one attached hydrogen (secondary N) is 1. The molecule has 1 N–H and O–H groups in total. The number of ether oxygens (including phenoxy) is 3. The van der Waals surface area contributed by atoms with Gasteiger partial charge in [-0.1, -0.05) is 0 Å². The predicted octanol–water partition coefficient (Wildman–Crippen LogP) is 3.39. The smallest absolute Gasteiger partial charge is 0.344 e. The second-order valence-electron chi connectivity index (χ2n) is 5.56. The highest BCUT2D eigenvalue weighted by Crippen LogP contribution is 2.26. The van der Waals surface area contributed by atoms with Gasteiger partial charge in [-0.3, -0.25) is 4.79 Å². The Morgan fingerprint density at radius 2 is 1.65 bits per heavy atom. The van der Waals surface area contributed by atoms with Gasteiger partial charge in [0.25, 0.3) is 0 Å². The van der Waals surface area contributed by atoms with Crippen LogP contribution in [-0.2, 0) is 4.74 Å². The molecule has 0 saturated heterocycles. The summed E-state index contributed by atoms with van der Waals surface area (Å²) in [6.07, 6.45) is 0. The number of aromatic nitrogens is 1. The van der Waals surface area contributed by atoms with Gasteiger partial charge in [-0.25, -0.2) is 4.79 Å². The van der Waals surface area contributed by atoms with Gasteiger partial charge < -0.3 is 19.2 Å². The maximum Gasteiger partial charge on any atom is 0.344 e. The number of fused-ring (bicyclic) bond motifs is 1. The third kappa shape index (κ3) is 3.13. The van der Waals surface area contributed by atoms with E-state index in [4.69, 9.17) is 14.2 Å². The highest BCUT2D eigenvalue weighted by atomic mass is 16.5. The molecule has 0 aliphatic heterocycles. The quantitative estimate of drug-likeness (QED) is 0.712. The number of esters is 1. The van der Waals surface area contributed by atoms with Gasteiger partial charge >= 0.3 is 5.97 Å². The number of benzene rings is 2. The fourth-order valence-electron chi connectivity index (χ4n) is 2.77. The van der Waals surface area contributed by atoms with Gasteiger partial charge in [0.1, 0.15) is 17.1 Å². The molecule has 0 atom stereocenters. The van der Waals surface area contributed by atoms with E-state index < -0.39 is 5.97 Å². The number of H-pyrrole nitrogens is 1. The number of carbonyl (C=O) groups is 1. The number of hydrogen-bond acceptors (Lipinski definition) is 5. The second kappa shape index (κ2) is 7.31. The van der Waals surface area contributed by atoms with Crippen molar-refractivity contribution in [3.8, 4) is 22.8 Å². The monoisotopic (exact) mass is 353 g/mol.